The summed E-state index contributed by atoms with van der Waals surface area (Å²) in [6.45, 7) is 3.66. The molecule has 0 amide bonds. The number of unbranched alkanes of at least 4 members (excludes halogenated alkanes) is 3. The Hall–Kier alpha value is -0.370. The molecule has 0 heterocycles. The fourth-order valence-corrected chi connectivity index (χ4v) is 0.832. The fourth-order valence-electron chi connectivity index (χ4n) is 0.737. The molecule has 3 heteroatoms. The summed E-state index contributed by atoms with van der Waals surface area (Å²) in [6, 6.07) is 0. The Morgan fingerprint density at radius 3 is 2.27 bits per heavy atom. The second kappa shape index (κ2) is 6.35. The highest BCUT2D eigenvalue weighted by atomic mass is 35.5. The maximum atomic E-state index is 10.6. The molecule has 0 aromatic carbocycles. The molecule has 63 valence electrons. The molecule has 0 N–H and O–H groups in total. The van der Waals surface area contributed by atoms with Crippen LogP contribution in [-0.2, 0) is 9.59 Å². The van der Waals surface area contributed by atoms with Gasteiger partial charge in [0.2, 0.25) is 5.78 Å². The van der Waals surface area contributed by atoms with Gasteiger partial charge in [0.15, 0.2) is 0 Å². The van der Waals surface area contributed by atoms with Crippen molar-refractivity contribution >= 4 is 22.6 Å². The largest absolute Gasteiger partial charge is 0.289 e. The average molecular weight is 176 g/mol. The van der Waals surface area contributed by atoms with Crippen molar-refractivity contribution in [3.8, 4) is 0 Å². The molecular formula is C8H12ClO2. The van der Waals surface area contributed by atoms with Gasteiger partial charge in [-0.2, -0.15) is 0 Å². The lowest BCUT2D eigenvalue weighted by Crippen LogP contribution is -2.05. The normalized spacial score (nSPS) is 9.64. The quantitative estimate of drug-likeness (QED) is 0.352. The highest BCUT2D eigenvalue weighted by Crippen LogP contribution is 2.03. The third-order valence-corrected chi connectivity index (χ3v) is 1.58. The highest BCUT2D eigenvalue weighted by Gasteiger charge is 2.08. The summed E-state index contributed by atoms with van der Waals surface area (Å²) in [5.41, 5.74) is 0. The smallest absolute Gasteiger partial charge is 0.288 e. The molecule has 0 bridgehead atoms. The molecule has 2 nitrogen and oxygen atoms in total. The van der Waals surface area contributed by atoms with Gasteiger partial charge in [-0.1, -0.05) is 26.2 Å². The van der Waals surface area contributed by atoms with Crippen molar-refractivity contribution in [2.45, 2.75) is 32.1 Å². The number of carbonyl (C=O) groups excluding carboxylic acids is 2. The van der Waals surface area contributed by atoms with Crippen LogP contribution in [0, 0.1) is 6.92 Å². The predicted molar refractivity (Wildman–Crippen MR) is 44.3 cm³/mol. The van der Waals surface area contributed by atoms with E-state index in [1.54, 1.807) is 0 Å². The van der Waals surface area contributed by atoms with Crippen molar-refractivity contribution in [2.24, 2.45) is 0 Å². The minimum Gasteiger partial charge on any atom is -0.289 e. The maximum absolute atomic E-state index is 10.6. The van der Waals surface area contributed by atoms with E-state index >= 15 is 0 Å². The molecule has 0 atom stereocenters. The molecule has 0 aromatic rings. The third-order valence-electron chi connectivity index (χ3n) is 1.37. The Bertz CT molecular complexity index is 143. The molecule has 0 spiro atoms. The summed E-state index contributed by atoms with van der Waals surface area (Å²) < 4.78 is 0. The van der Waals surface area contributed by atoms with Crippen LogP contribution < -0.4 is 0 Å². The number of halogens is 1. The van der Waals surface area contributed by atoms with Gasteiger partial charge in [-0.15, -0.1) is 0 Å². The number of carbonyl (C=O) groups is 2. The predicted octanol–water partition coefficient (Wildman–Crippen LogP) is 2.11. The summed E-state index contributed by atoms with van der Waals surface area (Å²) in [6.07, 6.45) is 3.85. The Balaban J connectivity index is 3.25. The second-order valence-corrected chi connectivity index (χ2v) is 2.70. The Labute approximate surface area is 71.9 Å². The lowest BCUT2D eigenvalue weighted by Gasteiger charge is -1.94. The first kappa shape index (κ1) is 10.6. The van der Waals surface area contributed by atoms with Gasteiger partial charge < -0.3 is 0 Å². The molecule has 0 unspecified atom stereocenters. The number of rotatable bonds is 6. The van der Waals surface area contributed by atoms with Gasteiger partial charge in [0.25, 0.3) is 5.24 Å². The topological polar surface area (TPSA) is 34.1 Å². The van der Waals surface area contributed by atoms with E-state index in [1.165, 1.54) is 0 Å². The van der Waals surface area contributed by atoms with Crippen molar-refractivity contribution < 1.29 is 9.59 Å². The Kier molecular flexibility index (Phi) is 6.13. The molecule has 1 radical (unpaired) electrons. The van der Waals surface area contributed by atoms with Crippen LogP contribution in [0.25, 0.3) is 0 Å². The van der Waals surface area contributed by atoms with E-state index in [-0.39, 0.29) is 6.42 Å². The van der Waals surface area contributed by atoms with Crippen molar-refractivity contribution in [2.75, 3.05) is 0 Å². The van der Waals surface area contributed by atoms with E-state index in [0.29, 0.717) is 0 Å². The molecule has 0 rings (SSSR count). The summed E-state index contributed by atoms with van der Waals surface area (Å²) in [7, 11) is 0. The zero-order chi connectivity index (χ0) is 8.69. The summed E-state index contributed by atoms with van der Waals surface area (Å²) in [4.78, 5) is 20.8. The molecule has 0 saturated heterocycles. The van der Waals surface area contributed by atoms with Crippen LogP contribution in [0.3, 0.4) is 0 Å². The van der Waals surface area contributed by atoms with Crippen LogP contribution in [0.4, 0.5) is 0 Å². The van der Waals surface area contributed by atoms with Gasteiger partial charge in [-0.25, -0.2) is 0 Å². The van der Waals surface area contributed by atoms with Gasteiger partial charge in [-0.3, -0.25) is 9.59 Å². The van der Waals surface area contributed by atoms with Crippen LogP contribution in [0.15, 0.2) is 0 Å². The maximum Gasteiger partial charge on any atom is 0.288 e. The Morgan fingerprint density at radius 1 is 1.18 bits per heavy atom. The molecule has 0 aliphatic heterocycles. The van der Waals surface area contributed by atoms with E-state index in [4.69, 9.17) is 11.6 Å². The van der Waals surface area contributed by atoms with E-state index in [9.17, 15) is 9.59 Å². The van der Waals surface area contributed by atoms with Crippen molar-refractivity contribution in [3.05, 3.63) is 6.92 Å². The van der Waals surface area contributed by atoms with Gasteiger partial charge in [0, 0.05) is 6.42 Å². The second-order valence-electron chi connectivity index (χ2n) is 2.36. The average Bonchev–Trinajstić information content (AvgIpc) is 1.97. The lowest BCUT2D eigenvalue weighted by atomic mass is 10.1. The van der Waals surface area contributed by atoms with E-state index in [0.717, 1.165) is 25.7 Å². The minimum atomic E-state index is -0.848. The van der Waals surface area contributed by atoms with Crippen LogP contribution in [0.2, 0.25) is 0 Å². The third kappa shape index (κ3) is 6.05. The molecule has 0 aliphatic carbocycles. The zero-order valence-electron chi connectivity index (χ0n) is 6.44. The zero-order valence-corrected chi connectivity index (χ0v) is 7.19. The van der Waals surface area contributed by atoms with Crippen LogP contribution in [0.1, 0.15) is 32.1 Å². The number of Topliss-reactive ketones (excluding diaryl/α,β-unsaturated/α-hetero) is 1. The van der Waals surface area contributed by atoms with Gasteiger partial charge >= 0.3 is 0 Å². The van der Waals surface area contributed by atoms with Crippen LogP contribution in [0.5, 0.6) is 0 Å². The van der Waals surface area contributed by atoms with Gasteiger partial charge in [0.1, 0.15) is 0 Å². The van der Waals surface area contributed by atoms with Crippen molar-refractivity contribution in [1.29, 1.82) is 0 Å². The van der Waals surface area contributed by atoms with E-state index < -0.39 is 11.0 Å². The molecule has 0 aliphatic rings. The SMILES string of the molecule is [CH2]CCCCCC(=O)C(=O)Cl. The number of hydrogen-bond donors (Lipinski definition) is 0. The van der Waals surface area contributed by atoms with Crippen LogP contribution >= 0.6 is 11.6 Å². The summed E-state index contributed by atoms with van der Waals surface area (Å²) in [5, 5.41) is -0.848. The lowest BCUT2D eigenvalue weighted by molar-refractivity contribution is -0.132. The minimum absolute atomic E-state index is 0.280. The van der Waals surface area contributed by atoms with Crippen molar-refractivity contribution in [1.82, 2.24) is 0 Å². The molecule has 0 fully saturated rings. The van der Waals surface area contributed by atoms with Crippen molar-refractivity contribution in [3.63, 3.8) is 0 Å². The Morgan fingerprint density at radius 2 is 1.82 bits per heavy atom. The first-order valence-electron chi connectivity index (χ1n) is 3.70. The molecule has 0 saturated carbocycles. The van der Waals surface area contributed by atoms with Gasteiger partial charge in [0.05, 0.1) is 0 Å². The fraction of sp³-hybridized carbons (Fsp3) is 0.625. The monoisotopic (exact) mass is 175 g/mol. The molecule has 0 aromatic heterocycles. The summed E-state index contributed by atoms with van der Waals surface area (Å²) >= 11 is 4.94. The highest BCUT2D eigenvalue weighted by molar-refractivity contribution is 6.81. The van der Waals surface area contributed by atoms with Gasteiger partial charge in [-0.05, 0) is 18.0 Å². The van der Waals surface area contributed by atoms with E-state index in [2.05, 4.69) is 6.92 Å². The first-order valence-corrected chi connectivity index (χ1v) is 4.08. The molecular weight excluding hydrogens is 164 g/mol. The van der Waals surface area contributed by atoms with Crippen LogP contribution in [-0.4, -0.2) is 11.0 Å². The number of ketones is 1. The summed E-state index contributed by atoms with van der Waals surface area (Å²) in [5.74, 6) is -0.476. The first-order chi connectivity index (χ1) is 5.18. The number of hydrogen-bond acceptors (Lipinski definition) is 2. The van der Waals surface area contributed by atoms with E-state index in [1.807, 2.05) is 0 Å². The standard InChI is InChI=1S/C8H12ClO2/c1-2-3-4-5-6-7(10)8(9)11/h1-6H2. The molecule has 11 heavy (non-hydrogen) atoms.